The first kappa shape index (κ1) is 15.3. The lowest BCUT2D eigenvalue weighted by atomic mass is 9.92. The van der Waals surface area contributed by atoms with Gasteiger partial charge in [-0.1, -0.05) is 18.2 Å². The molecule has 0 aromatic heterocycles. The zero-order valence-corrected chi connectivity index (χ0v) is 13.2. The van der Waals surface area contributed by atoms with E-state index < -0.39 is 23.8 Å². The third kappa shape index (κ3) is 2.07. The van der Waals surface area contributed by atoms with Crippen LogP contribution in [0.2, 0.25) is 0 Å². The SMILES string of the molecule is COC(=O)N1CCC2(OC(C)=O)c3ccccc3N(C(C)=O)C12. The van der Waals surface area contributed by atoms with Gasteiger partial charge in [0.15, 0.2) is 11.8 Å². The third-order valence-electron chi connectivity index (χ3n) is 4.37. The number of benzene rings is 1. The number of amides is 2. The summed E-state index contributed by atoms with van der Waals surface area (Å²) in [4.78, 5) is 39.0. The van der Waals surface area contributed by atoms with Gasteiger partial charge in [0.2, 0.25) is 5.91 Å². The van der Waals surface area contributed by atoms with E-state index >= 15 is 0 Å². The number of likely N-dealkylation sites (tertiary alicyclic amines) is 1. The van der Waals surface area contributed by atoms with Crippen LogP contribution >= 0.6 is 0 Å². The lowest BCUT2D eigenvalue weighted by Crippen LogP contribution is -2.54. The van der Waals surface area contributed by atoms with Crippen molar-refractivity contribution in [3.05, 3.63) is 29.8 Å². The molecule has 2 aliphatic heterocycles. The van der Waals surface area contributed by atoms with Crippen LogP contribution in [0.1, 0.15) is 25.8 Å². The highest BCUT2D eigenvalue weighted by Gasteiger charge is 2.62. The van der Waals surface area contributed by atoms with Crippen molar-refractivity contribution < 1.29 is 23.9 Å². The predicted molar refractivity (Wildman–Crippen MR) is 80.6 cm³/mol. The first-order chi connectivity index (χ1) is 10.9. The van der Waals surface area contributed by atoms with Gasteiger partial charge in [0.05, 0.1) is 12.8 Å². The van der Waals surface area contributed by atoms with Crippen LogP contribution in [0.15, 0.2) is 24.3 Å². The fraction of sp³-hybridized carbons (Fsp3) is 0.438. The molecule has 0 bridgehead atoms. The summed E-state index contributed by atoms with van der Waals surface area (Å²) in [6.07, 6.45) is -0.871. The average molecular weight is 318 g/mol. The largest absolute Gasteiger partial charge is 0.453 e. The van der Waals surface area contributed by atoms with Gasteiger partial charge in [-0.15, -0.1) is 0 Å². The molecule has 1 aromatic rings. The minimum Gasteiger partial charge on any atom is -0.453 e. The first-order valence-electron chi connectivity index (χ1n) is 7.36. The molecule has 2 aliphatic rings. The minimum atomic E-state index is -1.05. The Bertz CT molecular complexity index is 689. The van der Waals surface area contributed by atoms with Crippen molar-refractivity contribution in [3.63, 3.8) is 0 Å². The number of methoxy groups -OCH3 is 1. The Labute approximate surface area is 133 Å². The van der Waals surface area contributed by atoms with Crippen LogP contribution in [0.25, 0.3) is 0 Å². The zero-order chi connectivity index (χ0) is 16.8. The molecule has 122 valence electrons. The highest BCUT2D eigenvalue weighted by atomic mass is 16.6. The number of hydrogen-bond donors (Lipinski definition) is 0. The van der Waals surface area contributed by atoms with Gasteiger partial charge in [0, 0.05) is 32.4 Å². The summed E-state index contributed by atoms with van der Waals surface area (Å²) in [6, 6.07) is 7.25. The molecule has 3 rings (SSSR count). The summed E-state index contributed by atoms with van der Waals surface area (Å²) in [6.45, 7) is 3.09. The standard InChI is InChI=1S/C16H18N2O5/c1-10(19)18-13-7-5-4-6-12(13)16(23-11(2)20)8-9-17(14(16)18)15(21)22-3/h4-7,14H,8-9H2,1-3H3. The molecule has 2 heterocycles. The Kier molecular flexibility index (Phi) is 3.50. The van der Waals surface area contributed by atoms with Gasteiger partial charge < -0.3 is 9.47 Å². The van der Waals surface area contributed by atoms with Crippen LogP contribution in [-0.4, -0.2) is 42.7 Å². The molecular weight excluding hydrogens is 300 g/mol. The highest BCUT2D eigenvalue weighted by Crippen LogP contribution is 2.53. The van der Waals surface area contributed by atoms with Gasteiger partial charge in [-0.05, 0) is 6.07 Å². The van der Waals surface area contributed by atoms with E-state index in [4.69, 9.17) is 9.47 Å². The number of ether oxygens (including phenoxy) is 2. The minimum absolute atomic E-state index is 0.229. The fourth-order valence-corrected chi connectivity index (χ4v) is 3.65. The topological polar surface area (TPSA) is 76.2 Å². The van der Waals surface area contributed by atoms with E-state index in [1.807, 2.05) is 12.1 Å². The second-order valence-electron chi connectivity index (χ2n) is 5.68. The van der Waals surface area contributed by atoms with Crippen LogP contribution in [0.5, 0.6) is 0 Å². The third-order valence-corrected chi connectivity index (χ3v) is 4.37. The lowest BCUT2D eigenvalue weighted by Gasteiger charge is -2.35. The molecule has 0 N–H and O–H groups in total. The van der Waals surface area contributed by atoms with Gasteiger partial charge in [-0.3, -0.25) is 19.4 Å². The molecular formula is C16H18N2O5. The van der Waals surface area contributed by atoms with Crippen molar-refractivity contribution in [1.82, 2.24) is 4.90 Å². The quantitative estimate of drug-likeness (QED) is 0.735. The second kappa shape index (κ2) is 5.26. The van der Waals surface area contributed by atoms with Gasteiger partial charge >= 0.3 is 12.1 Å². The number of rotatable bonds is 1. The Balaban J connectivity index is 2.19. The van der Waals surface area contributed by atoms with Crippen molar-refractivity contribution in [3.8, 4) is 0 Å². The number of fused-ring (bicyclic) bond motifs is 3. The number of nitrogens with zero attached hydrogens (tertiary/aromatic N) is 2. The maximum absolute atomic E-state index is 12.2. The van der Waals surface area contributed by atoms with E-state index in [1.165, 1.54) is 30.8 Å². The molecule has 1 aromatic carbocycles. The summed E-state index contributed by atoms with van der Waals surface area (Å²) in [7, 11) is 1.29. The number of hydrogen-bond acceptors (Lipinski definition) is 5. The summed E-state index contributed by atoms with van der Waals surface area (Å²) >= 11 is 0. The van der Waals surface area contributed by atoms with Crippen molar-refractivity contribution in [1.29, 1.82) is 0 Å². The molecule has 23 heavy (non-hydrogen) atoms. The van der Waals surface area contributed by atoms with Crippen LogP contribution in [-0.2, 0) is 24.7 Å². The summed E-state index contributed by atoms with van der Waals surface area (Å²) in [5.41, 5.74) is 0.337. The van der Waals surface area contributed by atoms with E-state index in [9.17, 15) is 14.4 Å². The summed E-state index contributed by atoms with van der Waals surface area (Å²) < 4.78 is 10.5. The molecule has 0 saturated carbocycles. The van der Waals surface area contributed by atoms with Crippen molar-refractivity contribution in [2.24, 2.45) is 0 Å². The van der Waals surface area contributed by atoms with Gasteiger partial charge in [-0.2, -0.15) is 0 Å². The Morgan fingerprint density at radius 1 is 1.22 bits per heavy atom. The first-order valence-corrected chi connectivity index (χ1v) is 7.36. The van der Waals surface area contributed by atoms with Crippen molar-refractivity contribution in [2.45, 2.75) is 32.0 Å². The Morgan fingerprint density at radius 2 is 1.91 bits per heavy atom. The maximum Gasteiger partial charge on any atom is 0.411 e. The molecule has 2 unspecified atom stereocenters. The van der Waals surface area contributed by atoms with Gasteiger partial charge in [0.25, 0.3) is 0 Å². The second-order valence-corrected chi connectivity index (χ2v) is 5.68. The molecule has 0 spiro atoms. The van der Waals surface area contributed by atoms with Crippen LogP contribution in [0, 0.1) is 0 Å². The Hall–Kier alpha value is -2.57. The van der Waals surface area contributed by atoms with E-state index in [-0.39, 0.29) is 5.91 Å². The lowest BCUT2D eigenvalue weighted by molar-refractivity contribution is -0.160. The predicted octanol–water partition coefficient (Wildman–Crippen LogP) is 1.61. The van der Waals surface area contributed by atoms with E-state index in [0.717, 1.165) is 5.56 Å². The fourth-order valence-electron chi connectivity index (χ4n) is 3.65. The smallest absolute Gasteiger partial charge is 0.411 e. The monoisotopic (exact) mass is 318 g/mol. The molecule has 1 saturated heterocycles. The molecule has 0 aliphatic carbocycles. The molecule has 2 atom stereocenters. The number of para-hydroxylation sites is 1. The Morgan fingerprint density at radius 3 is 2.52 bits per heavy atom. The van der Waals surface area contributed by atoms with Crippen molar-refractivity contribution in [2.75, 3.05) is 18.6 Å². The van der Waals surface area contributed by atoms with Gasteiger partial charge in [-0.25, -0.2) is 4.79 Å². The number of carbonyl (C=O) groups is 3. The van der Waals surface area contributed by atoms with E-state index in [0.29, 0.717) is 18.7 Å². The summed E-state index contributed by atoms with van der Waals surface area (Å²) in [5.74, 6) is -0.686. The highest BCUT2D eigenvalue weighted by molar-refractivity contribution is 5.96. The number of carbonyl (C=O) groups excluding carboxylic acids is 3. The van der Waals surface area contributed by atoms with Crippen LogP contribution < -0.4 is 4.90 Å². The molecule has 7 nitrogen and oxygen atoms in total. The van der Waals surface area contributed by atoms with E-state index in [2.05, 4.69) is 0 Å². The number of esters is 1. The molecule has 7 heteroatoms. The summed E-state index contributed by atoms with van der Waals surface area (Å²) in [5, 5.41) is 0. The maximum atomic E-state index is 12.2. The van der Waals surface area contributed by atoms with Gasteiger partial charge in [0.1, 0.15) is 0 Å². The molecule has 2 amide bonds. The number of anilines is 1. The zero-order valence-electron chi connectivity index (χ0n) is 13.2. The van der Waals surface area contributed by atoms with Crippen LogP contribution in [0.4, 0.5) is 10.5 Å². The van der Waals surface area contributed by atoms with Crippen molar-refractivity contribution >= 4 is 23.7 Å². The average Bonchev–Trinajstić information content (AvgIpc) is 2.98. The molecule has 0 radical (unpaired) electrons. The molecule has 1 fully saturated rings. The normalized spacial score (nSPS) is 24.9. The van der Waals surface area contributed by atoms with Crippen LogP contribution in [0.3, 0.4) is 0 Å². The van der Waals surface area contributed by atoms with E-state index in [1.54, 1.807) is 12.1 Å².